The van der Waals surface area contributed by atoms with Gasteiger partial charge in [-0.05, 0) is 0 Å². The topological polar surface area (TPSA) is 0 Å². The van der Waals surface area contributed by atoms with Gasteiger partial charge in [0.2, 0.25) is 0 Å². The van der Waals surface area contributed by atoms with Crippen LogP contribution < -0.4 is 0 Å². The minimum atomic E-state index is -1.76. The number of hydrogen-bond acceptors (Lipinski definition) is 0. The first kappa shape index (κ1) is 17.6. The average molecular weight is 467 g/mol. The van der Waals surface area contributed by atoms with Gasteiger partial charge in [-0.3, -0.25) is 0 Å². The molecule has 0 amide bonds. The van der Waals surface area contributed by atoms with Crippen LogP contribution in [0.2, 0.25) is 29.6 Å². The van der Waals surface area contributed by atoms with Crippen molar-refractivity contribution in [1.82, 2.24) is 0 Å². The Morgan fingerprint density at radius 2 is 0.923 bits per heavy atom. The Bertz CT molecular complexity index is 160. The monoisotopic (exact) mass is 469 g/mol. The molecule has 0 aromatic rings. The van der Waals surface area contributed by atoms with Gasteiger partial charge in [0, 0.05) is 32.7 Å². The molecule has 0 fully saturated rings. The van der Waals surface area contributed by atoms with Crippen LogP contribution in [0, 0.1) is 8.18 Å². The zero-order chi connectivity index (χ0) is 9.83. The van der Waals surface area contributed by atoms with Gasteiger partial charge in [-0.25, -0.2) is 0 Å². The zero-order valence-electron chi connectivity index (χ0n) is 9.73. The molecule has 0 aliphatic rings. The minimum absolute atomic E-state index is 0. The third kappa shape index (κ3) is 16.8. The van der Waals surface area contributed by atoms with Crippen molar-refractivity contribution < 1.29 is 32.7 Å². The van der Waals surface area contributed by atoms with Crippen LogP contribution in [0.1, 0.15) is 0 Å². The van der Waals surface area contributed by atoms with Gasteiger partial charge in [0.05, 0.1) is 0 Å². The fourth-order valence-corrected chi connectivity index (χ4v) is 3.91. The van der Waals surface area contributed by atoms with Gasteiger partial charge in [-0.2, -0.15) is 0 Å². The van der Waals surface area contributed by atoms with Crippen molar-refractivity contribution in [2.75, 3.05) is 0 Å². The second-order valence-electron chi connectivity index (χ2n) is 5.12. The van der Waals surface area contributed by atoms with Crippen LogP contribution in [0.4, 0.5) is 0 Å². The molecule has 0 unspecified atom stereocenters. The van der Waals surface area contributed by atoms with Crippen LogP contribution >= 0.6 is 0 Å². The van der Waals surface area contributed by atoms with Crippen LogP contribution in [0.3, 0.4) is 0 Å². The first-order chi connectivity index (χ1) is 5.21. The maximum absolute atomic E-state index is 3.49. The summed E-state index contributed by atoms with van der Waals surface area (Å²) in [5, 5.41) is 0. The molecule has 0 saturated carbocycles. The molecule has 0 aromatic carbocycles. The third-order valence-electron chi connectivity index (χ3n) is 1.12. The van der Waals surface area contributed by atoms with E-state index in [1.807, 2.05) is 0 Å². The fourth-order valence-electron chi connectivity index (χ4n) is 0.583. The van der Waals surface area contributed by atoms with Crippen molar-refractivity contribution in [1.29, 1.82) is 0 Å². The summed E-state index contributed by atoms with van der Waals surface area (Å²) in [5.74, 6) is 0. The Morgan fingerprint density at radius 1 is 0.692 bits per heavy atom. The Labute approximate surface area is 117 Å². The SMILES string of the molecule is [CH3][Sn]([CH3])([CH3])[C-]=CC=[C-][Sn]([CH3])([CH3])[CH3].[Y]. The fraction of sp³-hybridized carbons (Fsp3) is 0.600. The maximum atomic E-state index is 3.49. The zero-order valence-corrected chi connectivity index (χ0v) is 18.3. The van der Waals surface area contributed by atoms with Gasteiger partial charge >= 0.3 is 86.7 Å². The summed E-state index contributed by atoms with van der Waals surface area (Å²) in [5.41, 5.74) is 0. The van der Waals surface area contributed by atoms with Crippen LogP contribution in [0.25, 0.3) is 0 Å². The van der Waals surface area contributed by atoms with E-state index in [4.69, 9.17) is 0 Å². The summed E-state index contributed by atoms with van der Waals surface area (Å²) in [4.78, 5) is 14.2. The smallest absolute Gasteiger partial charge is 0 e. The van der Waals surface area contributed by atoms with Gasteiger partial charge < -0.3 is 0 Å². The van der Waals surface area contributed by atoms with E-state index in [0.29, 0.717) is 0 Å². The summed E-state index contributed by atoms with van der Waals surface area (Å²) in [6.45, 7) is 0. The van der Waals surface area contributed by atoms with Gasteiger partial charge in [-0.1, -0.05) is 0 Å². The van der Waals surface area contributed by atoms with E-state index in [1.165, 1.54) is 0 Å². The Morgan fingerprint density at radius 3 is 1.08 bits per heavy atom. The van der Waals surface area contributed by atoms with Crippen molar-refractivity contribution in [3.63, 3.8) is 0 Å². The molecule has 0 atom stereocenters. The van der Waals surface area contributed by atoms with E-state index < -0.39 is 36.8 Å². The molecule has 73 valence electrons. The van der Waals surface area contributed by atoms with Gasteiger partial charge in [0.15, 0.2) is 0 Å². The van der Waals surface area contributed by atoms with Crippen molar-refractivity contribution in [2.24, 2.45) is 0 Å². The van der Waals surface area contributed by atoms with Gasteiger partial charge in [0.1, 0.15) is 0 Å². The summed E-state index contributed by atoms with van der Waals surface area (Å²) in [6.07, 6.45) is 4.19. The first-order valence-electron chi connectivity index (χ1n) is 4.41. The Kier molecular flexibility index (Phi) is 10.1. The summed E-state index contributed by atoms with van der Waals surface area (Å²) in [6, 6.07) is 0. The second kappa shape index (κ2) is 7.45. The van der Waals surface area contributed by atoms with Gasteiger partial charge in [-0.15, -0.1) is 0 Å². The molecule has 0 N–H and O–H groups in total. The Balaban J connectivity index is 0. The normalized spacial score (nSPS) is 13.7. The molecular weight excluding hydrogens is 446 g/mol. The van der Waals surface area contributed by atoms with E-state index in [2.05, 4.69) is 50.0 Å². The molecule has 0 aliphatic heterocycles. The number of allylic oxidation sites excluding steroid dienone is 2. The van der Waals surface area contributed by atoms with E-state index in [-0.39, 0.29) is 32.7 Å². The third-order valence-corrected chi connectivity index (χ3v) is 7.01. The molecular formula is C10H20Sn2Y-2. The van der Waals surface area contributed by atoms with Crippen LogP contribution in [0.5, 0.6) is 0 Å². The van der Waals surface area contributed by atoms with Gasteiger partial charge in [0.25, 0.3) is 0 Å². The van der Waals surface area contributed by atoms with Crippen molar-refractivity contribution >= 4 is 36.8 Å². The van der Waals surface area contributed by atoms with Crippen LogP contribution in [0.15, 0.2) is 12.2 Å². The molecule has 0 heterocycles. The molecule has 0 rings (SSSR count). The average Bonchev–Trinajstić information content (AvgIpc) is 1.76. The van der Waals surface area contributed by atoms with Crippen molar-refractivity contribution in [3.8, 4) is 0 Å². The van der Waals surface area contributed by atoms with Crippen molar-refractivity contribution in [2.45, 2.75) is 29.6 Å². The van der Waals surface area contributed by atoms with Crippen LogP contribution in [-0.4, -0.2) is 36.8 Å². The standard InChI is InChI=1S/C4H2.6CH3.2Sn.Y/c1-3-4-2;;;;;;;;;/h3-4H;6*1H3;;;/q-2;;;;;;;;;. The molecule has 0 aliphatic carbocycles. The summed E-state index contributed by atoms with van der Waals surface area (Å²) >= 11 is -3.52. The molecule has 13 heavy (non-hydrogen) atoms. The van der Waals surface area contributed by atoms with Crippen molar-refractivity contribution in [3.05, 3.63) is 20.3 Å². The first-order valence-corrected chi connectivity index (χ1v) is 24.4. The second-order valence-corrected chi connectivity index (χ2v) is 32.5. The summed E-state index contributed by atoms with van der Waals surface area (Å²) < 4.78 is 6.99. The van der Waals surface area contributed by atoms with Crippen LogP contribution in [-0.2, 0) is 32.7 Å². The molecule has 1 radical (unpaired) electrons. The Hall–Kier alpha value is 2.18. The molecule has 3 heteroatoms. The predicted molar refractivity (Wildman–Crippen MR) is 62.3 cm³/mol. The molecule has 0 bridgehead atoms. The summed E-state index contributed by atoms with van der Waals surface area (Å²) in [7, 11) is 0. The number of rotatable bonds is 3. The van der Waals surface area contributed by atoms with E-state index in [0.717, 1.165) is 0 Å². The van der Waals surface area contributed by atoms with E-state index in [9.17, 15) is 0 Å². The molecule has 0 nitrogen and oxygen atoms in total. The maximum Gasteiger partial charge on any atom is 0 e. The minimum Gasteiger partial charge on any atom is 0 e. The number of hydrogen-bond donors (Lipinski definition) is 0. The van der Waals surface area contributed by atoms with E-state index in [1.54, 1.807) is 0 Å². The quantitative estimate of drug-likeness (QED) is 0.340. The molecule has 0 spiro atoms. The molecule has 0 aromatic heterocycles. The largest absolute Gasteiger partial charge is 0 e. The van der Waals surface area contributed by atoms with E-state index >= 15 is 0 Å². The predicted octanol–water partition coefficient (Wildman–Crippen LogP) is 3.46. The molecule has 0 saturated heterocycles.